The molecule has 0 spiro atoms. The summed E-state index contributed by atoms with van der Waals surface area (Å²) >= 11 is 0. The number of carbonyl (C=O) groups is 2. The van der Waals surface area contributed by atoms with Gasteiger partial charge in [0, 0.05) is 30.3 Å². The molecule has 25 heavy (non-hydrogen) atoms. The van der Waals surface area contributed by atoms with E-state index in [2.05, 4.69) is 22.9 Å². The Morgan fingerprint density at radius 1 is 1.08 bits per heavy atom. The highest BCUT2D eigenvalue weighted by atomic mass is 35.5. The minimum atomic E-state index is -0.109. The Hall–Kier alpha value is -1.59. The van der Waals surface area contributed by atoms with Crippen molar-refractivity contribution in [3.05, 3.63) is 29.8 Å². The average Bonchev–Trinajstić information content (AvgIpc) is 2.62. The van der Waals surface area contributed by atoms with Gasteiger partial charge in [-0.2, -0.15) is 0 Å². The first-order chi connectivity index (χ1) is 11.7. The summed E-state index contributed by atoms with van der Waals surface area (Å²) in [6.45, 7) is 4.42. The van der Waals surface area contributed by atoms with Gasteiger partial charge in [0.25, 0.3) is 5.91 Å². The highest BCUT2D eigenvalue weighted by molar-refractivity contribution is 5.97. The van der Waals surface area contributed by atoms with Crippen molar-refractivity contribution in [2.45, 2.75) is 45.4 Å². The van der Waals surface area contributed by atoms with Crippen molar-refractivity contribution in [3.63, 3.8) is 0 Å². The summed E-state index contributed by atoms with van der Waals surface area (Å²) in [7, 11) is 0. The van der Waals surface area contributed by atoms with Gasteiger partial charge in [-0.3, -0.25) is 9.59 Å². The van der Waals surface area contributed by atoms with Crippen molar-refractivity contribution in [2.24, 2.45) is 5.92 Å². The molecule has 1 aliphatic rings. The van der Waals surface area contributed by atoms with E-state index in [1.807, 2.05) is 6.07 Å². The SMILES string of the molecule is CCCNCCNC(=O)c1cccc(NC(=O)C2CCCCC2)c1.Cl. The molecule has 5 nitrogen and oxygen atoms in total. The summed E-state index contributed by atoms with van der Waals surface area (Å²) in [4.78, 5) is 24.5. The summed E-state index contributed by atoms with van der Waals surface area (Å²) in [6, 6.07) is 7.15. The van der Waals surface area contributed by atoms with Crippen LogP contribution >= 0.6 is 12.4 Å². The van der Waals surface area contributed by atoms with Gasteiger partial charge in [-0.25, -0.2) is 0 Å². The molecule has 2 amide bonds. The molecule has 0 saturated heterocycles. The van der Waals surface area contributed by atoms with Crippen LogP contribution in [0.4, 0.5) is 5.69 Å². The van der Waals surface area contributed by atoms with Gasteiger partial charge in [0.1, 0.15) is 0 Å². The molecule has 0 radical (unpaired) electrons. The molecular formula is C19H30ClN3O2. The van der Waals surface area contributed by atoms with Crippen LogP contribution in [-0.4, -0.2) is 31.4 Å². The molecule has 0 unspecified atom stereocenters. The summed E-state index contributed by atoms with van der Waals surface area (Å²) in [6.07, 6.45) is 6.51. The third-order valence-corrected chi connectivity index (χ3v) is 4.38. The van der Waals surface area contributed by atoms with E-state index in [1.165, 1.54) is 6.42 Å². The number of halogens is 1. The van der Waals surface area contributed by atoms with Gasteiger partial charge in [0.2, 0.25) is 5.91 Å². The molecule has 1 aromatic rings. The lowest BCUT2D eigenvalue weighted by molar-refractivity contribution is -0.120. The molecule has 3 N–H and O–H groups in total. The number of rotatable bonds is 8. The van der Waals surface area contributed by atoms with E-state index in [0.717, 1.165) is 45.2 Å². The first-order valence-electron chi connectivity index (χ1n) is 9.10. The Kier molecular flexibility index (Phi) is 10.2. The van der Waals surface area contributed by atoms with E-state index in [1.54, 1.807) is 18.2 Å². The Morgan fingerprint density at radius 2 is 1.84 bits per heavy atom. The Labute approximate surface area is 156 Å². The maximum atomic E-state index is 12.3. The summed E-state index contributed by atoms with van der Waals surface area (Å²) in [5.74, 6) is 0.0824. The maximum Gasteiger partial charge on any atom is 0.251 e. The molecule has 2 rings (SSSR count). The molecule has 0 heterocycles. The van der Waals surface area contributed by atoms with Crippen molar-refractivity contribution >= 4 is 29.9 Å². The van der Waals surface area contributed by atoms with Crippen LogP contribution in [0.25, 0.3) is 0 Å². The third-order valence-electron chi connectivity index (χ3n) is 4.38. The van der Waals surface area contributed by atoms with Gasteiger partial charge < -0.3 is 16.0 Å². The largest absolute Gasteiger partial charge is 0.351 e. The molecule has 0 aliphatic heterocycles. The van der Waals surface area contributed by atoms with Crippen LogP contribution in [0, 0.1) is 5.92 Å². The molecular weight excluding hydrogens is 338 g/mol. The van der Waals surface area contributed by atoms with Gasteiger partial charge in [-0.1, -0.05) is 32.3 Å². The summed E-state index contributed by atoms with van der Waals surface area (Å²) in [5, 5.41) is 9.09. The number of benzene rings is 1. The van der Waals surface area contributed by atoms with Crippen LogP contribution in [0.5, 0.6) is 0 Å². The second-order valence-electron chi connectivity index (χ2n) is 6.41. The molecule has 140 valence electrons. The fraction of sp³-hybridized carbons (Fsp3) is 0.579. The Morgan fingerprint density at radius 3 is 2.56 bits per heavy atom. The molecule has 1 saturated carbocycles. The number of anilines is 1. The zero-order chi connectivity index (χ0) is 17.2. The number of hydrogen-bond donors (Lipinski definition) is 3. The van der Waals surface area contributed by atoms with Gasteiger partial charge >= 0.3 is 0 Å². The second kappa shape index (κ2) is 11.9. The van der Waals surface area contributed by atoms with E-state index in [-0.39, 0.29) is 30.1 Å². The lowest BCUT2D eigenvalue weighted by Gasteiger charge is -2.20. The van der Waals surface area contributed by atoms with Crippen LogP contribution in [0.2, 0.25) is 0 Å². The van der Waals surface area contributed by atoms with Gasteiger partial charge in [0.05, 0.1) is 0 Å². The minimum Gasteiger partial charge on any atom is -0.351 e. The molecule has 0 aromatic heterocycles. The van der Waals surface area contributed by atoms with Crippen LogP contribution in [0.1, 0.15) is 55.8 Å². The van der Waals surface area contributed by atoms with E-state index < -0.39 is 0 Å². The second-order valence-corrected chi connectivity index (χ2v) is 6.41. The summed E-state index contributed by atoms with van der Waals surface area (Å²) < 4.78 is 0. The van der Waals surface area contributed by atoms with Gasteiger partial charge in [-0.05, 0) is 44.0 Å². The van der Waals surface area contributed by atoms with Crippen molar-refractivity contribution in [1.29, 1.82) is 0 Å². The lowest BCUT2D eigenvalue weighted by Crippen LogP contribution is -2.32. The summed E-state index contributed by atoms with van der Waals surface area (Å²) in [5.41, 5.74) is 1.27. The van der Waals surface area contributed by atoms with Crippen molar-refractivity contribution in [3.8, 4) is 0 Å². The zero-order valence-corrected chi connectivity index (χ0v) is 15.8. The predicted octanol–water partition coefficient (Wildman–Crippen LogP) is 3.36. The first kappa shape index (κ1) is 21.5. The normalized spacial score (nSPS) is 14.4. The van der Waals surface area contributed by atoms with E-state index in [0.29, 0.717) is 17.8 Å². The number of carbonyl (C=O) groups excluding carboxylic acids is 2. The van der Waals surface area contributed by atoms with E-state index >= 15 is 0 Å². The fourth-order valence-corrected chi connectivity index (χ4v) is 3.02. The predicted molar refractivity (Wildman–Crippen MR) is 104 cm³/mol. The quantitative estimate of drug-likeness (QED) is 0.617. The molecule has 6 heteroatoms. The third kappa shape index (κ3) is 7.45. The minimum absolute atomic E-state index is 0. The topological polar surface area (TPSA) is 70.2 Å². The number of hydrogen-bond acceptors (Lipinski definition) is 3. The molecule has 0 bridgehead atoms. The van der Waals surface area contributed by atoms with Gasteiger partial charge in [-0.15, -0.1) is 12.4 Å². The van der Waals surface area contributed by atoms with Crippen molar-refractivity contribution in [1.82, 2.24) is 10.6 Å². The highest BCUT2D eigenvalue weighted by Gasteiger charge is 2.21. The van der Waals surface area contributed by atoms with Crippen LogP contribution in [0.15, 0.2) is 24.3 Å². The zero-order valence-electron chi connectivity index (χ0n) is 15.0. The molecule has 1 fully saturated rings. The monoisotopic (exact) mass is 367 g/mol. The molecule has 1 aromatic carbocycles. The first-order valence-corrected chi connectivity index (χ1v) is 9.10. The number of amides is 2. The Bertz CT molecular complexity index is 545. The van der Waals surface area contributed by atoms with Crippen LogP contribution in [-0.2, 0) is 4.79 Å². The van der Waals surface area contributed by atoms with Crippen LogP contribution in [0.3, 0.4) is 0 Å². The van der Waals surface area contributed by atoms with Crippen LogP contribution < -0.4 is 16.0 Å². The smallest absolute Gasteiger partial charge is 0.251 e. The fourth-order valence-electron chi connectivity index (χ4n) is 3.02. The molecule has 0 atom stereocenters. The maximum absolute atomic E-state index is 12.3. The van der Waals surface area contributed by atoms with E-state index in [9.17, 15) is 9.59 Å². The standard InChI is InChI=1S/C19H29N3O2.ClH/c1-2-11-20-12-13-21-18(23)16-9-6-10-17(14-16)22-19(24)15-7-4-3-5-8-15;/h6,9-10,14-15,20H,2-5,7-8,11-13H2,1H3,(H,21,23)(H,22,24);1H. The average molecular weight is 368 g/mol. The van der Waals surface area contributed by atoms with Crippen molar-refractivity contribution < 1.29 is 9.59 Å². The highest BCUT2D eigenvalue weighted by Crippen LogP contribution is 2.25. The van der Waals surface area contributed by atoms with Gasteiger partial charge in [0.15, 0.2) is 0 Å². The van der Waals surface area contributed by atoms with Crippen molar-refractivity contribution in [2.75, 3.05) is 25.0 Å². The Balaban J connectivity index is 0.00000312. The molecule has 1 aliphatic carbocycles. The van der Waals surface area contributed by atoms with E-state index in [4.69, 9.17) is 0 Å². The lowest BCUT2D eigenvalue weighted by atomic mass is 9.88. The number of nitrogens with one attached hydrogen (secondary N) is 3.